The number of hydrogen-bond acceptors (Lipinski definition) is 10. The molecule has 1 amide bonds. The molecule has 0 saturated carbocycles. The van der Waals surface area contributed by atoms with Gasteiger partial charge in [-0.15, -0.1) is 0 Å². The Balaban J connectivity index is 2.63. The van der Waals surface area contributed by atoms with E-state index in [1.807, 2.05) is 6.08 Å². The summed E-state index contributed by atoms with van der Waals surface area (Å²) in [5, 5.41) is 57.2. The lowest BCUT2D eigenvalue weighted by atomic mass is 9.99. The Kier molecular flexibility index (Phi) is 55.5. The van der Waals surface area contributed by atoms with Gasteiger partial charge >= 0.3 is 5.97 Å². The van der Waals surface area contributed by atoms with Crippen LogP contribution in [0.5, 0.6) is 0 Å². The molecule has 0 radical (unpaired) electrons. The first-order chi connectivity index (χ1) is 40.7. The summed E-state index contributed by atoms with van der Waals surface area (Å²) in [6.07, 6.45) is 67.5. The summed E-state index contributed by atoms with van der Waals surface area (Å²) in [5.41, 5.74) is 0. The Morgan fingerprint density at radius 1 is 0.470 bits per heavy atom. The molecular weight excluding hydrogens is 1040 g/mol. The number of carbonyl (C=O) groups excluding carboxylic acids is 2. The van der Waals surface area contributed by atoms with Crippen LogP contribution >= 0.6 is 0 Å². The predicted octanol–water partition coefficient (Wildman–Crippen LogP) is 17.3. The highest BCUT2D eigenvalue weighted by Gasteiger charge is 2.47. The van der Waals surface area contributed by atoms with E-state index in [1.165, 1.54) is 148 Å². The SMILES string of the molecule is CCCCC/C=C\C/C=C\C/C=C\CCCCCCCCCCCCC(=O)OC1C(OCC(NC(=O)C(O)CCCCCCC/C=C\C/C=C\C/C=C\CCCCC)C(O)/C=C/CCCCCCCCCCCCC)OC(CO)C(O)C1O. The second-order valence-corrected chi connectivity index (χ2v) is 23.6. The molecule has 0 aromatic carbocycles. The van der Waals surface area contributed by atoms with Crippen molar-refractivity contribution in [1.29, 1.82) is 0 Å². The summed E-state index contributed by atoms with van der Waals surface area (Å²) in [5.74, 6) is -1.21. The van der Waals surface area contributed by atoms with Crippen LogP contribution < -0.4 is 5.32 Å². The molecular formula is C72H127NO10. The van der Waals surface area contributed by atoms with E-state index in [-0.39, 0.29) is 19.4 Å². The minimum atomic E-state index is -1.62. The van der Waals surface area contributed by atoms with Gasteiger partial charge in [0.1, 0.15) is 24.4 Å². The summed E-state index contributed by atoms with van der Waals surface area (Å²) in [6, 6.07) is -1.04. The van der Waals surface area contributed by atoms with Crippen molar-refractivity contribution < 1.29 is 49.3 Å². The van der Waals surface area contributed by atoms with Crippen LogP contribution in [0.25, 0.3) is 0 Å². The van der Waals surface area contributed by atoms with Crippen molar-refractivity contribution in [3.63, 3.8) is 0 Å². The number of carbonyl (C=O) groups is 2. The molecule has 480 valence electrons. The molecule has 0 aromatic rings. The van der Waals surface area contributed by atoms with Crippen molar-refractivity contribution in [2.45, 2.75) is 346 Å². The van der Waals surface area contributed by atoms with E-state index in [0.29, 0.717) is 12.8 Å². The molecule has 1 aliphatic rings. The second-order valence-electron chi connectivity index (χ2n) is 23.6. The fourth-order valence-electron chi connectivity index (χ4n) is 10.3. The van der Waals surface area contributed by atoms with Crippen LogP contribution in [0.15, 0.2) is 85.1 Å². The maximum absolute atomic E-state index is 13.5. The van der Waals surface area contributed by atoms with E-state index in [2.05, 4.69) is 99.0 Å². The Labute approximate surface area is 508 Å². The molecule has 1 heterocycles. The lowest BCUT2D eigenvalue weighted by Gasteiger charge is -2.41. The molecule has 1 aliphatic heterocycles. The van der Waals surface area contributed by atoms with Crippen molar-refractivity contribution in [3.8, 4) is 0 Å². The number of ether oxygens (including phenoxy) is 3. The van der Waals surface area contributed by atoms with E-state index in [9.17, 15) is 35.1 Å². The molecule has 8 unspecified atom stereocenters. The lowest BCUT2D eigenvalue weighted by Crippen LogP contribution is -2.61. The van der Waals surface area contributed by atoms with Gasteiger partial charge in [-0.25, -0.2) is 0 Å². The van der Waals surface area contributed by atoms with Gasteiger partial charge < -0.3 is 45.1 Å². The molecule has 83 heavy (non-hydrogen) atoms. The van der Waals surface area contributed by atoms with Crippen LogP contribution in [0.1, 0.15) is 297 Å². The minimum absolute atomic E-state index is 0.114. The molecule has 6 N–H and O–H groups in total. The topological polar surface area (TPSA) is 175 Å². The minimum Gasteiger partial charge on any atom is -0.454 e. The standard InChI is InChI=1S/C72H127NO10/c1-4-7-10-13-16-19-22-25-27-29-31-32-33-34-35-37-39-42-45-48-51-54-57-60-67(77)83-70-69(79)68(78)66(61-74)82-72(70)81-62-63(64(75)58-55-52-49-46-43-40-24-21-18-15-12-9-6-3)73-71(80)65(76)59-56-53-50-47-44-41-38-36-30-28-26-23-20-17-14-11-8-5-2/h16-17,19-20,25-28,31-32,36,38,55,58,63-66,68-70,72,74-76,78-79H,4-15,18,21-24,29-30,33-35,37,39-54,56-57,59-62H2,1-3H3,(H,73,80)/b19-16-,20-17-,27-25-,28-26-,32-31-,38-36-,58-55+. The maximum Gasteiger partial charge on any atom is 0.306 e. The van der Waals surface area contributed by atoms with Gasteiger partial charge in [0.2, 0.25) is 5.91 Å². The van der Waals surface area contributed by atoms with Crippen LogP contribution in [0.3, 0.4) is 0 Å². The monoisotopic (exact) mass is 1170 g/mol. The van der Waals surface area contributed by atoms with Gasteiger partial charge in [-0.3, -0.25) is 9.59 Å². The van der Waals surface area contributed by atoms with Crippen molar-refractivity contribution >= 4 is 11.9 Å². The number of aliphatic hydroxyl groups excluding tert-OH is 5. The average Bonchev–Trinajstić information content (AvgIpc) is 3.50. The highest BCUT2D eigenvalue weighted by atomic mass is 16.7. The smallest absolute Gasteiger partial charge is 0.306 e. The molecule has 0 aliphatic carbocycles. The van der Waals surface area contributed by atoms with Crippen LogP contribution in [0.4, 0.5) is 0 Å². The first-order valence-corrected chi connectivity index (χ1v) is 34.4. The van der Waals surface area contributed by atoms with Crippen LogP contribution in [0.2, 0.25) is 0 Å². The van der Waals surface area contributed by atoms with Crippen LogP contribution in [-0.4, -0.2) is 99.6 Å². The summed E-state index contributed by atoms with van der Waals surface area (Å²) in [6.45, 7) is 5.75. The Hall–Kier alpha value is -3.16. The molecule has 1 rings (SSSR count). The largest absolute Gasteiger partial charge is 0.454 e. The second kappa shape index (κ2) is 59.2. The highest BCUT2D eigenvalue weighted by Crippen LogP contribution is 2.26. The fraction of sp³-hybridized carbons (Fsp3) is 0.778. The number of rotatable bonds is 58. The number of nitrogens with one attached hydrogen (secondary N) is 1. The number of allylic oxidation sites excluding steroid dienone is 13. The number of hydrogen-bond donors (Lipinski definition) is 6. The quantitative estimate of drug-likeness (QED) is 0.0195. The van der Waals surface area contributed by atoms with Crippen molar-refractivity contribution in [1.82, 2.24) is 5.32 Å². The van der Waals surface area contributed by atoms with E-state index in [0.717, 1.165) is 103 Å². The zero-order chi connectivity index (χ0) is 60.3. The van der Waals surface area contributed by atoms with Gasteiger partial charge in [0.15, 0.2) is 12.4 Å². The normalized spacial score (nSPS) is 19.1. The van der Waals surface area contributed by atoms with Crippen molar-refractivity contribution in [2.75, 3.05) is 13.2 Å². The molecule has 1 fully saturated rings. The molecule has 0 spiro atoms. The number of aliphatic hydroxyl groups is 5. The molecule has 1 saturated heterocycles. The van der Waals surface area contributed by atoms with Gasteiger partial charge in [0.05, 0.1) is 25.4 Å². The van der Waals surface area contributed by atoms with Crippen LogP contribution in [-0.2, 0) is 23.8 Å². The Bertz CT molecular complexity index is 1670. The van der Waals surface area contributed by atoms with Crippen molar-refractivity contribution in [3.05, 3.63) is 85.1 Å². The van der Waals surface area contributed by atoms with Crippen molar-refractivity contribution in [2.24, 2.45) is 0 Å². The summed E-state index contributed by atoms with van der Waals surface area (Å²) in [4.78, 5) is 26.7. The van der Waals surface area contributed by atoms with E-state index in [1.54, 1.807) is 6.08 Å². The zero-order valence-electron chi connectivity index (χ0n) is 53.3. The van der Waals surface area contributed by atoms with E-state index in [4.69, 9.17) is 14.2 Å². The van der Waals surface area contributed by atoms with E-state index < -0.39 is 67.4 Å². The highest BCUT2D eigenvalue weighted by molar-refractivity contribution is 5.80. The molecule has 8 atom stereocenters. The number of unbranched alkanes of at least 4 members (excludes halogenated alkanes) is 32. The molecule has 11 heteroatoms. The first-order valence-electron chi connectivity index (χ1n) is 34.4. The van der Waals surface area contributed by atoms with Gasteiger partial charge in [-0.2, -0.15) is 0 Å². The fourth-order valence-corrected chi connectivity index (χ4v) is 10.3. The maximum atomic E-state index is 13.5. The molecule has 11 nitrogen and oxygen atoms in total. The van der Waals surface area contributed by atoms with Gasteiger partial charge in [-0.05, 0) is 103 Å². The third-order valence-corrected chi connectivity index (χ3v) is 15.8. The first kappa shape index (κ1) is 77.9. The Morgan fingerprint density at radius 3 is 1.27 bits per heavy atom. The van der Waals surface area contributed by atoms with Gasteiger partial charge in [0.25, 0.3) is 0 Å². The van der Waals surface area contributed by atoms with E-state index >= 15 is 0 Å². The molecule has 0 aromatic heterocycles. The predicted molar refractivity (Wildman–Crippen MR) is 347 cm³/mol. The Morgan fingerprint density at radius 2 is 0.831 bits per heavy atom. The average molecular weight is 1170 g/mol. The third kappa shape index (κ3) is 46.7. The third-order valence-electron chi connectivity index (χ3n) is 15.8. The van der Waals surface area contributed by atoms with Gasteiger partial charge in [-0.1, -0.05) is 273 Å². The summed E-state index contributed by atoms with van der Waals surface area (Å²) >= 11 is 0. The van der Waals surface area contributed by atoms with Gasteiger partial charge in [0, 0.05) is 6.42 Å². The summed E-state index contributed by atoms with van der Waals surface area (Å²) in [7, 11) is 0. The summed E-state index contributed by atoms with van der Waals surface area (Å²) < 4.78 is 17.7. The van der Waals surface area contributed by atoms with Crippen LogP contribution in [0, 0.1) is 0 Å². The zero-order valence-corrected chi connectivity index (χ0v) is 53.3. The molecule has 0 bridgehead atoms. The number of esters is 1. The number of amides is 1. The lowest BCUT2D eigenvalue weighted by molar-refractivity contribution is -0.305.